The van der Waals surface area contributed by atoms with E-state index in [9.17, 15) is 8.78 Å². The summed E-state index contributed by atoms with van der Waals surface area (Å²) in [5.74, 6) is -1.16. The van der Waals surface area contributed by atoms with E-state index in [2.05, 4.69) is 27.0 Å². The topological polar surface area (TPSA) is 24.3 Å². The fourth-order valence-corrected chi connectivity index (χ4v) is 5.03. The molecule has 0 amide bonds. The van der Waals surface area contributed by atoms with Crippen molar-refractivity contribution in [3.8, 4) is 11.3 Å². The molecule has 1 aliphatic heterocycles. The number of benzene rings is 2. The van der Waals surface area contributed by atoms with Crippen molar-refractivity contribution in [2.24, 2.45) is 0 Å². The lowest BCUT2D eigenvalue weighted by molar-refractivity contribution is 0.183. The first kappa shape index (κ1) is 20.5. The number of hydrogen-bond donors (Lipinski definition) is 0. The van der Waals surface area contributed by atoms with Crippen molar-refractivity contribution in [2.45, 2.75) is 31.3 Å². The Morgan fingerprint density at radius 3 is 2.23 bits per heavy atom. The smallest absolute Gasteiger partial charge is 0.126 e. The third-order valence-corrected chi connectivity index (χ3v) is 6.79. The molecule has 2 heterocycles. The predicted molar refractivity (Wildman–Crippen MR) is 119 cm³/mol. The molecular formula is C24H25ClF2N4. The Morgan fingerprint density at radius 1 is 0.839 bits per heavy atom. The first-order valence-corrected chi connectivity index (χ1v) is 11.2. The summed E-state index contributed by atoms with van der Waals surface area (Å²) < 4.78 is 29.1. The highest BCUT2D eigenvalue weighted by Gasteiger charge is 2.32. The van der Waals surface area contributed by atoms with Crippen LogP contribution in [0.1, 0.15) is 25.3 Å². The van der Waals surface area contributed by atoms with Gasteiger partial charge in [-0.3, -0.25) is 9.58 Å². The van der Waals surface area contributed by atoms with Gasteiger partial charge in [0.15, 0.2) is 0 Å². The average Bonchev–Trinajstić information content (AvgIpc) is 3.44. The summed E-state index contributed by atoms with van der Waals surface area (Å²) in [7, 11) is 0. The van der Waals surface area contributed by atoms with Crippen molar-refractivity contribution in [1.29, 1.82) is 0 Å². The SMILES string of the molecule is Fc1cc(F)cc(-c2ccn([C@H]3CC[C@H](N4CCN(c5ccc(Cl)cc5)CC4)C3)n2)c1. The fraction of sp³-hybridized carbons (Fsp3) is 0.375. The molecule has 2 aromatic carbocycles. The van der Waals surface area contributed by atoms with Crippen molar-refractivity contribution in [1.82, 2.24) is 14.7 Å². The highest BCUT2D eigenvalue weighted by molar-refractivity contribution is 6.30. The van der Waals surface area contributed by atoms with Crippen LogP contribution >= 0.6 is 11.6 Å². The van der Waals surface area contributed by atoms with E-state index in [0.717, 1.165) is 56.5 Å². The Bertz CT molecular complexity index is 1020. The Hall–Kier alpha value is -2.44. The third kappa shape index (κ3) is 4.46. The number of halogens is 3. The lowest BCUT2D eigenvalue weighted by atomic mass is 10.1. The van der Waals surface area contributed by atoms with Gasteiger partial charge in [0, 0.05) is 60.8 Å². The molecule has 0 spiro atoms. The minimum absolute atomic E-state index is 0.325. The zero-order chi connectivity index (χ0) is 21.4. The van der Waals surface area contributed by atoms with Crippen LogP contribution < -0.4 is 4.90 Å². The van der Waals surface area contributed by atoms with E-state index in [1.165, 1.54) is 17.8 Å². The van der Waals surface area contributed by atoms with Crippen LogP contribution in [0.25, 0.3) is 11.3 Å². The quantitative estimate of drug-likeness (QED) is 0.541. The van der Waals surface area contributed by atoms with Crippen LogP contribution in [0.15, 0.2) is 54.7 Å². The number of anilines is 1. The first-order chi connectivity index (χ1) is 15.0. The van der Waals surface area contributed by atoms with E-state index in [4.69, 9.17) is 11.6 Å². The molecular weight excluding hydrogens is 418 g/mol. The van der Waals surface area contributed by atoms with Crippen LogP contribution in [-0.4, -0.2) is 46.9 Å². The van der Waals surface area contributed by atoms with E-state index in [-0.39, 0.29) is 0 Å². The van der Waals surface area contributed by atoms with Crippen molar-refractivity contribution in [3.05, 3.63) is 71.4 Å². The Labute approximate surface area is 186 Å². The minimum atomic E-state index is -0.580. The van der Waals surface area contributed by atoms with Crippen LogP contribution in [0.4, 0.5) is 14.5 Å². The molecule has 0 N–H and O–H groups in total. The van der Waals surface area contributed by atoms with Gasteiger partial charge in [-0.15, -0.1) is 0 Å². The van der Waals surface area contributed by atoms with Gasteiger partial charge in [0.2, 0.25) is 0 Å². The molecule has 0 bridgehead atoms. The molecule has 0 radical (unpaired) electrons. The van der Waals surface area contributed by atoms with E-state index in [1.807, 2.05) is 29.1 Å². The third-order valence-electron chi connectivity index (χ3n) is 6.54. The van der Waals surface area contributed by atoms with Gasteiger partial charge in [-0.25, -0.2) is 8.78 Å². The summed E-state index contributed by atoms with van der Waals surface area (Å²) in [5.41, 5.74) is 2.31. The summed E-state index contributed by atoms with van der Waals surface area (Å²) in [5, 5.41) is 5.40. The molecule has 1 saturated heterocycles. The largest absolute Gasteiger partial charge is 0.369 e. The maximum Gasteiger partial charge on any atom is 0.126 e. The molecule has 4 nitrogen and oxygen atoms in total. The zero-order valence-corrected chi connectivity index (χ0v) is 18.0. The minimum Gasteiger partial charge on any atom is -0.369 e. The van der Waals surface area contributed by atoms with Crippen LogP contribution in [0.3, 0.4) is 0 Å². The van der Waals surface area contributed by atoms with E-state index >= 15 is 0 Å². The van der Waals surface area contributed by atoms with E-state index in [1.54, 1.807) is 0 Å². The van der Waals surface area contributed by atoms with Crippen LogP contribution in [-0.2, 0) is 0 Å². The van der Waals surface area contributed by atoms with Crippen LogP contribution in [0, 0.1) is 11.6 Å². The molecule has 2 fully saturated rings. The van der Waals surface area contributed by atoms with Gasteiger partial charge in [-0.2, -0.15) is 5.10 Å². The second kappa shape index (κ2) is 8.60. The molecule has 5 rings (SSSR count). The fourth-order valence-electron chi connectivity index (χ4n) is 4.90. The predicted octanol–water partition coefficient (Wildman–Crippen LogP) is 5.40. The first-order valence-electron chi connectivity index (χ1n) is 10.8. The summed E-state index contributed by atoms with van der Waals surface area (Å²) in [6.45, 7) is 4.12. The molecule has 2 atom stereocenters. The van der Waals surface area contributed by atoms with Crippen molar-refractivity contribution in [2.75, 3.05) is 31.1 Å². The zero-order valence-electron chi connectivity index (χ0n) is 17.2. The van der Waals surface area contributed by atoms with Gasteiger partial charge in [-0.05, 0) is 61.7 Å². The number of piperazine rings is 1. The highest BCUT2D eigenvalue weighted by atomic mass is 35.5. The van der Waals surface area contributed by atoms with Crippen molar-refractivity contribution < 1.29 is 8.78 Å². The Morgan fingerprint density at radius 2 is 1.52 bits per heavy atom. The van der Waals surface area contributed by atoms with Gasteiger partial charge in [0.25, 0.3) is 0 Å². The number of nitrogens with zero attached hydrogens (tertiary/aromatic N) is 4. The molecule has 0 unspecified atom stereocenters. The maximum absolute atomic E-state index is 13.5. The molecule has 162 valence electrons. The summed E-state index contributed by atoms with van der Waals surface area (Å²) in [6.07, 6.45) is 5.21. The molecule has 31 heavy (non-hydrogen) atoms. The van der Waals surface area contributed by atoms with Crippen LogP contribution in [0.2, 0.25) is 5.02 Å². The lowest BCUT2D eigenvalue weighted by Gasteiger charge is -2.39. The van der Waals surface area contributed by atoms with Gasteiger partial charge >= 0.3 is 0 Å². The van der Waals surface area contributed by atoms with E-state index < -0.39 is 11.6 Å². The highest BCUT2D eigenvalue weighted by Crippen LogP contribution is 2.34. The standard InChI is InChI=1S/C24H25ClF2N4/c25-18-1-3-21(4-2-18)29-9-11-30(12-10-29)22-5-6-23(16-22)31-8-7-24(28-31)17-13-19(26)15-20(27)14-17/h1-4,7-8,13-15,22-23H,5-6,9-12,16H2/t22-,23-/m0/s1. The molecule has 1 saturated carbocycles. The second-order valence-corrected chi connectivity index (χ2v) is 8.90. The Kier molecular flexibility index (Phi) is 5.67. The molecule has 1 aliphatic carbocycles. The van der Waals surface area contributed by atoms with Gasteiger partial charge in [-0.1, -0.05) is 11.6 Å². The molecule has 1 aromatic heterocycles. The number of rotatable bonds is 4. The maximum atomic E-state index is 13.5. The van der Waals surface area contributed by atoms with Gasteiger partial charge < -0.3 is 4.90 Å². The molecule has 2 aliphatic rings. The summed E-state index contributed by atoms with van der Waals surface area (Å²) >= 11 is 6.01. The van der Waals surface area contributed by atoms with Crippen molar-refractivity contribution in [3.63, 3.8) is 0 Å². The van der Waals surface area contributed by atoms with Gasteiger partial charge in [0.1, 0.15) is 11.6 Å². The normalized spacial score (nSPS) is 22.2. The summed E-state index contributed by atoms with van der Waals surface area (Å²) in [6, 6.07) is 14.3. The molecule has 7 heteroatoms. The average molecular weight is 443 g/mol. The lowest BCUT2D eigenvalue weighted by Crippen LogP contribution is -2.49. The monoisotopic (exact) mass is 442 g/mol. The van der Waals surface area contributed by atoms with Gasteiger partial charge in [0.05, 0.1) is 11.7 Å². The summed E-state index contributed by atoms with van der Waals surface area (Å²) in [4.78, 5) is 5.01. The Balaban J connectivity index is 1.19. The number of hydrogen-bond acceptors (Lipinski definition) is 3. The second-order valence-electron chi connectivity index (χ2n) is 8.46. The molecule has 3 aromatic rings. The van der Waals surface area contributed by atoms with Crippen molar-refractivity contribution >= 4 is 17.3 Å². The van der Waals surface area contributed by atoms with Crippen LogP contribution in [0.5, 0.6) is 0 Å². The number of aromatic nitrogens is 2. The van der Waals surface area contributed by atoms with E-state index in [0.29, 0.717) is 23.3 Å².